The smallest absolute Gasteiger partial charge is 0.167 e. The fraction of sp³-hybridized carbons (Fsp3) is 0.0588. The number of nitrogens with zero attached hydrogens (tertiary/aromatic N) is 2. The minimum absolute atomic E-state index is 0.834. The number of imidazole rings is 1. The lowest BCUT2D eigenvalue weighted by Gasteiger charge is -2.00. The Kier molecular flexibility index (Phi) is 2.82. The van der Waals surface area contributed by atoms with Gasteiger partial charge < -0.3 is 4.98 Å². The van der Waals surface area contributed by atoms with Crippen molar-refractivity contribution in [1.29, 1.82) is 0 Å². The van der Waals surface area contributed by atoms with Gasteiger partial charge in [-0.2, -0.15) is 0 Å². The molecule has 0 amide bonds. The van der Waals surface area contributed by atoms with Gasteiger partial charge in [-0.3, -0.25) is 0 Å². The molecule has 3 nitrogen and oxygen atoms in total. The van der Waals surface area contributed by atoms with E-state index in [0.717, 1.165) is 27.6 Å². The molecule has 102 valence electrons. The Hall–Kier alpha value is -2.46. The predicted molar refractivity (Wildman–Crippen MR) is 87.4 cm³/mol. The number of benzene rings is 2. The van der Waals surface area contributed by atoms with Crippen LogP contribution in [0.15, 0.2) is 53.9 Å². The highest BCUT2D eigenvalue weighted by Gasteiger charge is 2.11. The Bertz CT molecular complexity index is 887. The van der Waals surface area contributed by atoms with Crippen LogP contribution in [0.5, 0.6) is 0 Å². The molecule has 0 aliphatic rings. The van der Waals surface area contributed by atoms with Crippen LogP contribution in [0.1, 0.15) is 5.56 Å². The first-order valence-electron chi connectivity index (χ1n) is 6.78. The average molecular weight is 291 g/mol. The number of thiazole rings is 1. The zero-order valence-corrected chi connectivity index (χ0v) is 12.3. The first kappa shape index (κ1) is 12.3. The molecule has 0 radical (unpaired) electrons. The van der Waals surface area contributed by atoms with Crippen molar-refractivity contribution in [3.05, 3.63) is 59.5 Å². The lowest BCUT2D eigenvalue weighted by Crippen LogP contribution is -1.84. The molecule has 4 aromatic rings. The lowest BCUT2D eigenvalue weighted by molar-refractivity contribution is 1.28. The minimum atomic E-state index is 0.834. The maximum atomic E-state index is 4.73. The zero-order valence-electron chi connectivity index (χ0n) is 11.5. The lowest BCUT2D eigenvalue weighted by atomic mass is 10.1. The highest BCUT2D eigenvalue weighted by atomic mass is 32.1. The van der Waals surface area contributed by atoms with Gasteiger partial charge in [0.25, 0.3) is 0 Å². The van der Waals surface area contributed by atoms with Gasteiger partial charge in [0.2, 0.25) is 0 Å². The van der Waals surface area contributed by atoms with Crippen LogP contribution in [0.3, 0.4) is 0 Å². The van der Waals surface area contributed by atoms with Gasteiger partial charge in [0, 0.05) is 10.9 Å². The summed E-state index contributed by atoms with van der Waals surface area (Å²) in [4.78, 5) is 12.7. The fourth-order valence-corrected chi connectivity index (χ4v) is 3.18. The Morgan fingerprint density at radius 2 is 1.76 bits per heavy atom. The van der Waals surface area contributed by atoms with Crippen LogP contribution < -0.4 is 0 Å². The molecular formula is C17H13N3S. The maximum absolute atomic E-state index is 4.73. The van der Waals surface area contributed by atoms with Crippen LogP contribution in [0.25, 0.3) is 33.1 Å². The molecule has 2 aromatic carbocycles. The quantitative estimate of drug-likeness (QED) is 0.583. The molecule has 0 aliphatic heterocycles. The Balaban J connectivity index is 1.79. The molecule has 0 saturated heterocycles. The van der Waals surface area contributed by atoms with E-state index in [2.05, 4.69) is 34.4 Å². The second-order valence-corrected chi connectivity index (χ2v) is 5.81. The summed E-state index contributed by atoms with van der Waals surface area (Å²) in [7, 11) is 0. The first-order chi connectivity index (χ1) is 10.3. The number of H-pyrrole nitrogens is 1. The highest BCUT2D eigenvalue weighted by molar-refractivity contribution is 7.13. The van der Waals surface area contributed by atoms with E-state index in [4.69, 9.17) is 4.98 Å². The van der Waals surface area contributed by atoms with E-state index in [9.17, 15) is 0 Å². The van der Waals surface area contributed by atoms with Gasteiger partial charge in [-0.15, -0.1) is 11.3 Å². The number of hydrogen-bond donors (Lipinski definition) is 1. The van der Waals surface area contributed by atoms with Crippen LogP contribution >= 0.6 is 11.3 Å². The van der Waals surface area contributed by atoms with Crippen LogP contribution in [-0.4, -0.2) is 15.0 Å². The summed E-state index contributed by atoms with van der Waals surface area (Å²) in [5.41, 5.74) is 5.43. The van der Waals surface area contributed by atoms with Crippen LogP contribution in [0, 0.1) is 6.92 Å². The SMILES string of the molecule is Cc1ccccc1-c1csc(-c2nc3ccccc3[nH]2)n1. The van der Waals surface area contributed by atoms with E-state index < -0.39 is 0 Å². The highest BCUT2D eigenvalue weighted by Crippen LogP contribution is 2.29. The number of hydrogen-bond acceptors (Lipinski definition) is 3. The molecule has 2 aromatic heterocycles. The minimum Gasteiger partial charge on any atom is -0.336 e. The standard InChI is InChI=1S/C17H13N3S/c1-11-6-2-3-7-12(11)15-10-21-17(20-15)16-18-13-8-4-5-9-14(13)19-16/h2-10H,1H3,(H,18,19). The molecule has 4 heteroatoms. The monoisotopic (exact) mass is 291 g/mol. The number of nitrogens with one attached hydrogen (secondary N) is 1. The van der Waals surface area contributed by atoms with E-state index in [0.29, 0.717) is 0 Å². The van der Waals surface area contributed by atoms with Gasteiger partial charge >= 0.3 is 0 Å². The third kappa shape index (κ3) is 2.14. The number of aromatic nitrogens is 3. The number of aryl methyl sites for hydroxylation is 1. The molecule has 0 saturated carbocycles. The second-order valence-electron chi connectivity index (χ2n) is 4.96. The van der Waals surface area contributed by atoms with E-state index in [1.165, 1.54) is 11.1 Å². The molecular weight excluding hydrogens is 278 g/mol. The third-order valence-corrected chi connectivity index (χ3v) is 4.37. The topological polar surface area (TPSA) is 41.6 Å². The normalized spacial score (nSPS) is 11.1. The Labute approximate surface area is 126 Å². The maximum Gasteiger partial charge on any atom is 0.167 e. The van der Waals surface area contributed by atoms with E-state index >= 15 is 0 Å². The fourth-order valence-electron chi connectivity index (χ4n) is 2.42. The van der Waals surface area contributed by atoms with E-state index in [1.807, 2.05) is 36.4 Å². The predicted octanol–water partition coefficient (Wildman–Crippen LogP) is 4.66. The van der Waals surface area contributed by atoms with Gasteiger partial charge in [-0.25, -0.2) is 9.97 Å². The van der Waals surface area contributed by atoms with Crippen molar-refractivity contribution >= 4 is 22.4 Å². The number of rotatable bonds is 2. The molecule has 0 atom stereocenters. The van der Waals surface area contributed by atoms with E-state index in [1.54, 1.807) is 11.3 Å². The summed E-state index contributed by atoms with van der Waals surface area (Å²) in [6.07, 6.45) is 0. The summed E-state index contributed by atoms with van der Waals surface area (Å²) in [6.45, 7) is 2.11. The van der Waals surface area contributed by atoms with E-state index in [-0.39, 0.29) is 0 Å². The summed E-state index contributed by atoms with van der Waals surface area (Å²) in [5, 5.41) is 3.01. The Morgan fingerprint density at radius 1 is 0.952 bits per heavy atom. The van der Waals surface area contributed by atoms with Crippen LogP contribution in [-0.2, 0) is 0 Å². The number of fused-ring (bicyclic) bond motifs is 1. The van der Waals surface area contributed by atoms with Gasteiger partial charge in [-0.1, -0.05) is 36.4 Å². The average Bonchev–Trinajstić information content (AvgIpc) is 3.14. The van der Waals surface area contributed by atoms with Crippen LogP contribution in [0.4, 0.5) is 0 Å². The van der Waals surface area contributed by atoms with Crippen molar-refractivity contribution < 1.29 is 0 Å². The van der Waals surface area contributed by atoms with Crippen LogP contribution in [0.2, 0.25) is 0 Å². The molecule has 0 spiro atoms. The molecule has 0 bridgehead atoms. The second kappa shape index (κ2) is 4.82. The molecule has 2 heterocycles. The molecule has 1 N–H and O–H groups in total. The molecule has 0 fully saturated rings. The van der Waals surface area contributed by atoms with Crippen molar-refractivity contribution in [1.82, 2.24) is 15.0 Å². The molecule has 21 heavy (non-hydrogen) atoms. The number of para-hydroxylation sites is 2. The van der Waals surface area contributed by atoms with Gasteiger partial charge in [0.1, 0.15) is 0 Å². The van der Waals surface area contributed by atoms with Gasteiger partial charge in [0.15, 0.2) is 10.8 Å². The van der Waals surface area contributed by atoms with Gasteiger partial charge in [-0.05, 0) is 24.6 Å². The van der Waals surface area contributed by atoms with Crippen molar-refractivity contribution in [2.45, 2.75) is 6.92 Å². The summed E-state index contributed by atoms with van der Waals surface area (Å²) in [6, 6.07) is 16.3. The van der Waals surface area contributed by atoms with Crippen molar-refractivity contribution in [3.63, 3.8) is 0 Å². The number of aromatic amines is 1. The van der Waals surface area contributed by atoms with Gasteiger partial charge in [0.05, 0.1) is 16.7 Å². The molecule has 0 aliphatic carbocycles. The third-order valence-electron chi connectivity index (χ3n) is 3.52. The first-order valence-corrected chi connectivity index (χ1v) is 7.66. The largest absolute Gasteiger partial charge is 0.336 e. The molecule has 4 rings (SSSR count). The van der Waals surface area contributed by atoms with Crippen molar-refractivity contribution in [3.8, 4) is 22.1 Å². The van der Waals surface area contributed by atoms with Crippen molar-refractivity contribution in [2.24, 2.45) is 0 Å². The Morgan fingerprint density at radius 3 is 2.62 bits per heavy atom. The zero-order chi connectivity index (χ0) is 14.2. The summed E-state index contributed by atoms with van der Waals surface area (Å²) >= 11 is 1.62. The molecule has 0 unspecified atom stereocenters. The van der Waals surface area contributed by atoms with Crippen molar-refractivity contribution in [2.75, 3.05) is 0 Å². The summed E-state index contributed by atoms with van der Waals surface area (Å²) < 4.78 is 0. The summed E-state index contributed by atoms with van der Waals surface area (Å²) in [5.74, 6) is 0.834.